The van der Waals surface area contributed by atoms with E-state index in [0.29, 0.717) is 0 Å². The Kier molecular flexibility index (Phi) is 4.03. The predicted molar refractivity (Wildman–Crippen MR) is 51.8 cm³/mol. The summed E-state index contributed by atoms with van der Waals surface area (Å²) in [6.07, 6.45) is 2.94. The van der Waals surface area contributed by atoms with Crippen molar-refractivity contribution >= 4 is 0 Å². The Balaban J connectivity index is 0.000000980. The van der Waals surface area contributed by atoms with Gasteiger partial charge in [-0.1, -0.05) is 6.92 Å². The van der Waals surface area contributed by atoms with E-state index in [4.69, 9.17) is 0 Å². The van der Waals surface area contributed by atoms with Crippen molar-refractivity contribution in [2.24, 2.45) is 0 Å². The quantitative estimate of drug-likeness (QED) is 0.606. The van der Waals surface area contributed by atoms with Crippen LogP contribution >= 0.6 is 0 Å². The fourth-order valence-electron chi connectivity index (χ4n) is 1.21. The zero-order chi connectivity index (χ0) is 9.10. The van der Waals surface area contributed by atoms with Crippen LogP contribution in [0.25, 0.3) is 5.69 Å². The molecule has 2 aromatic rings. The van der Waals surface area contributed by atoms with Gasteiger partial charge in [-0.05, 0) is 18.2 Å². The summed E-state index contributed by atoms with van der Waals surface area (Å²) in [5, 5.41) is 4.38. The van der Waals surface area contributed by atoms with E-state index in [1.54, 1.807) is 0 Å². The first-order valence-corrected chi connectivity index (χ1v) is 4.42. The predicted octanol–water partition coefficient (Wildman–Crippen LogP) is 2.23. The summed E-state index contributed by atoms with van der Waals surface area (Å²) in [6, 6.07) is 13.0. The molecule has 0 aliphatic heterocycles. The first-order chi connectivity index (χ1) is 6.40. The van der Waals surface area contributed by atoms with Crippen molar-refractivity contribution in [2.75, 3.05) is 0 Å². The molecule has 1 aromatic heterocycles. The van der Waals surface area contributed by atoms with Crippen molar-refractivity contribution in [2.45, 2.75) is 13.3 Å². The zero-order valence-corrected chi connectivity index (χ0v) is 9.54. The maximum Gasteiger partial charge on any atom is 0.0625 e. The molecule has 1 heterocycles. The molecule has 0 fully saturated rings. The Bertz CT molecular complexity index is 381. The molecule has 2 rings (SSSR count). The van der Waals surface area contributed by atoms with Gasteiger partial charge in [-0.15, -0.1) is 6.07 Å². The van der Waals surface area contributed by atoms with Crippen LogP contribution in [0.4, 0.5) is 0 Å². The Labute approximate surface area is 96.7 Å². The van der Waals surface area contributed by atoms with Crippen molar-refractivity contribution in [1.82, 2.24) is 9.78 Å². The minimum Gasteiger partial charge on any atom is -0.265 e. The molecule has 75 valence electrons. The number of aryl methyl sites for hydroxylation is 1. The van der Waals surface area contributed by atoms with Crippen molar-refractivity contribution in [1.29, 1.82) is 0 Å². The van der Waals surface area contributed by atoms with Crippen LogP contribution in [-0.4, -0.2) is 9.78 Å². The molecule has 1 radical (unpaired) electrons. The molecule has 0 spiro atoms. The maximum atomic E-state index is 4.38. The fraction of sp³-hybridized carbons (Fsp3) is 0.182. The number of benzene rings is 1. The van der Waals surface area contributed by atoms with Crippen LogP contribution in [0.2, 0.25) is 0 Å². The van der Waals surface area contributed by atoms with E-state index in [-0.39, 0.29) is 19.5 Å². The maximum absolute atomic E-state index is 4.38. The van der Waals surface area contributed by atoms with E-state index in [0.717, 1.165) is 17.8 Å². The van der Waals surface area contributed by atoms with Crippen molar-refractivity contribution in [3.8, 4) is 5.69 Å². The smallest absolute Gasteiger partial charge is 0.0625 e. The van der Waals surface area contributed by atoms with Crippen LogP contribution in [-0.2, 0) is 25.9 Å². The van der Waals surface area contributed by atoms with Gasteiger partial charge in [-0.25, -0.2) is 0 Å². The molecular weight excluding hydrogens is 263 g/mol. The third kappa shape index (κ3) is 2.30. The van der Waals surface area contributed by atoms with Gasteiger partial charge in [-0.2, -0.15) is 29.4 Å². The molecule has 0 N–H and O–H groups in total. The SMILES string of the molecule is CCc1ccn(-c2[c-]cccc2)n1.[Rh]. The summed E-state index contributed by atoms with van der Waals surface area (Å²) in [6.45, 7) is 2.10. The van der Waals surface area contributed by atoms with Crippen LogP contribution < -0.4 is 0 Å². The molecule has 0 bridgehead atoms. The molecule has 0 aliphatic rings. The fourth-order valence-corrected chi connectivity index (χ4v) is 1.21. The molecular formula is C11H11N2Rh-. The van der Waals surface area contributed by atoms with Gasteiger partial charge in [0.05, 0.1) is 5.69 Å². The topological polar surface area (TPSA) is 17.8 Å². The normalized spacial score (nSPS) is 9.50. The van der Waals surface area contributed by atoms with Gasteiger partial charge in [0.2, 0.25) is 0 Å². The number of hydrogen-bond acceptors (Lipinski definition) is 1. The number of rotatable bonds is 2. The van der Waals surface area contributed by atoms with Gasteiger partial charge >= 0.3 is 0 Å². The summed E-state index contributed by atoms with van der Waals surface area (Å²) < 4.78 is 1.85. The molecule has 2 nitrogen and oxygen atoms in total. The van der Waals surface area contributed by atoms with E-state index in [9.17, 15) is 0 Å². The van der Waals surface area contributed by atoms with E-state index in [1.807, 2.05) is 41.2 Å². The van der Waals surface area contributed by atoms with Crippen molar-refractivity contribution in [3.05, 3.63) is 48.3 Å². The number of hydrogen-bond donors (Lipinski definition) is 0. The summed E-state index contributed by atoms with van der Waals surface area (Å²) in [5.41, 5.74) is 2.10. The van der Waals surface area contributed by atoms with Crippen LogP contribution in [0.3, 0.4) is 0 Å². The van der Waals surface area contributed by atoms with E-state index >= 15 is 0 Å². The summed E-state index contributed by atoms with van der Waals surface area (Å²) >= 11 is 0. The molecule has 0 amide bonds. The molecule has 0 saturated carbocycles. The Morgan fingerprint density at radius 1 is 1.36 bits per heavy atom. The van der Waals surface area contributed by atoms with Gasteiger partial charge in [0.1, 0.15) is 0 Å². The van der Waals surface area contributed by atoms with Crippen molar-refractivity contribution in [3.63, 3.8) is 0 Å². The van der Waals surface area contributed by atoms with Gasteiger partial charge in [0, 0.05) is 25.7 Å². The third-order valence-corrected chi connectivity index (χ3v) is 1.95. The average molecular weight is 274 g/mol. The summed E-state index contributed by atoms with van der Waals surface area (Å²) in [7, 11) is 0. The largest absolute Gasteiger partial charge is 0.265 e. The minimum atomic E-state index is 0. The van der Waals surface area contributed by atoms with Crippen LogP contribution in [0.15, 0.2) is 36.5 Å². The second-order valence-electron chi connectivity index (χ2n) is 2.85. The molecule has 14 heavy (non-hydrogen) atoms. The average Bonchev–Trinajstić information content (AvgIpc) is 2.67. The van der Waals surface area contributed by atoms with Crippen LogP contribution in [0.5, 0.6) is 0 Å². The monoisotopic (exact) mass is 274 g/mol. The molecule has 0 atom stereocenters. The standard InChI is InChI=1S/C11H11N2.Rh/c1-2-10-8-9-13(12-10)11-6-4-3-5-7-11;/h3-6,8-9H,2H2,1H3;/q-1;. The second-order valence-corrected chi connectivity index (χ2v) is 2.85. The third-order valence-electron chi connectivity index (χ3n) is 1.95. The first-order valence-electron chi connectivity index (χ1n) is 4.42. The number of aromatic nitrogens is 2. The van der Waals surface area contributed by atoms with Crippen LogP contribution in [0, 0.1) is 6.07 Å². The molecule has 3 heteroatoms. The van der Waals surface area contributed by atoms with Gasteiger partial charge in [0.15, 0.2) is 0 Å². The second kappa shape index (κ2) is 5.06. The Hall–Kier alpha value is -0.947. The summed E-state index contributed by atoms with van der Waals surface area (Å²) in [4.78, 5) is 0. The van der Waals surface area contributed by atoms with E-state index < -0.39 is 0 Å². The minimum absolute atomic E-state index is 0. The molecule has 1 aromatic carbocycles. The summed E-state index contributed by atoms with van der Waals surface area (Å²) in [5.74, 6) is 0. The van der Waals surface area contributed by atoms with Gasteiger partial charge < -0.3 is 0 Å². The van der Waals surface area contributed by atoms with Gasteiger partial charge in [-0.3, -0.25) is 4.68 Å². The molecule has 0 unspecified atom stereocenters. The van der Waals surface area contributed by atoms with Gasteiger partial charge in [0.25, 0.3) is 0 Å². The Morgan fingerprint density at radius 2 is 2.21 bits per heavy atom. The first kappa shape index (κ1) is 11.1. The van der Waals surface area contributed by atoms with E-state index in [2.05, 4.69) is 18.1 Å². The number of para-hydroxylation sites is 1. The van der Waals surface area contributed by atoms with E-state index in [1.165, 1.54) is 0 Å². The van der Waals surface area contributed by atoms with Crippen molar-refractivity contribution < 1.29 is 19.5 Å². The Morgan fingerprint density at radius 3 is 2.79 bits per heavy atom. The number of nitrogens with zero attached hydrogens (tertiary/aromatic N) is 2. The molecule has 0 aliphatic carbocycles. The zero-order valence-electron chi connectivity index (χ0n) is 7.90. The molecule has 0 saturated heterocycles. The van der Waals surface area contributed by atoms with Crippen LogP contribution in [0.1, 0.15) is 12.6 Å².